The molecule has 2 aromatic heterocycles. The first-order valence-electron chi connectivity index (χ1n) is 7.02. The van der Waals surface area contributed by atoms with Gasteiger partial charge in [0.15, 0.2) is 0 Å². The molecule has 2 rings (SSSR count). The first kappa shape index (κ1) is 18.8. The van der Waals surface area contributed by atoms with Crippen LogP contribution in [-0.4, -0.2) is 42.0 Å². The topological polar surface area (TPSA) is 36.7 Å². The predicted molar refractivity (Wildman–Crippen MR) is 85.8 cm³/mol. The molecule has 0 bridgehead atoms. The highest BCUT2D eigenvalue weighted by Gasteiger charge is 2.33. The van der Waals surface area contributed by atoms with Crippen molar-refractivity contribution in [2.75, 3.05) is 20.1 Å². The van der Waals surface area contributed by atoms with Crippen molar-refractivity contribution in [2.24, 2.45) is 0 Å². The van der Waals surface area contributed by atoms with Gasteiger partial charge in [0.25, 0.3) is 0 Å². The highest BCUT2D eigenvalue weighted by atomic mass is 35.5. The molecule has 0 N–H and O–H groups in total. The van der Waals surface area contributed by atoms with Crippen molar-refractivity contribution in [3.8, 4) is 0 Å². The fourth-order valence-electron chi connectivity index (χ4n) is 2.13. The van der Waals surface area contributed by atoms with E-state index in [-0.39, 0.29) is 13.1 Å². The molecular weight excluding hydrogens is 365 g/mol. The van der Waals surface area contributed by atoms with Gasteiger partial charge in [-0.2, -0.15) is 13.2 Å². The lowest BCUT2D eigenvalue weighted by Crippen LogP contribution is -2.43. The fourth-order valence-corrected chi connectivity index (χ4v) is 3.30. The van der Waals surface area contributed by atoms with Gasteiger partial charge in [0.1, 0.15) is 12.3 Å². The standard InChI is InChI=1S/C15H16ClF3N2O2S/c1-20(8-12-4-5-13(16)24-12)9-14(22)21(10-15(17,18)19)7-11-3-2-6-23-11/h2-6H,7-10H2,1H3. The summed E-state index contributed by atoms with van der Waals surface area (Å²) < 4.78 is 43.9. The van der Waals surface area contributed by atoms with Crippen LogP contribution < -0.4 is 0 Å². The average molecular weight is 381 g/mol. The molecule has 0 radical (unpaired) electrons. The van der Waals surface area contributed by atoms with E-state index in [1.165, 1.54) is 23.7 Å². The van der Waals surface area contributed by atoms with Gasteiger partial charge in [-0.15, -0.1) is 11.3 Å². The quantitative estimate of drug-likeness (QED) is 0.728. The first-order valence-corrected chi connectivity index (χ1v) is 8.22. The van der Waals surface area contributed by atoms with Crippen LogP contribution in [0.3, 0.4) is 0 Å². The molecule has 0 atom stereocenters. The third-order valence-corrected chi connectivity index (χ3v) is 4.33. The van der Waals surface area contributed by atoms with Gasteiger partial charge in [0.05, 0.1) is 23.7 Å². The van der Waals surface area contributed by atoms with Crippen LogP contribution in [0.15, 0.2) is 34.9 Å². The number of likely N-dealkylation sites (N-methyl/N-ethyl adjacent to an activating group) is 1. The predicted octanol–water partition coefficient (Wildman–Crippen LogP) is 4.02. The van der Waals surface area contributed by atoms with E-state index in [1.54, 1.807) is 24.1 Å². The molecule has 9 heteroatoms. The van der Waals surface area contributed by atoms with E-state index in [2.05, 4.69) is 0 Å². The summed E-state index contributed by atoms with van der Waals surface area (Å²) in [5, 5.41) is 0. The molecule has 0 saturated heterocycles. The normalized spacial score (nSPS) is 11.9. The molecule has 0 aromatic carbocycles. The van der Waals surface area contributed by atoms with Crippen molar-refractivity contribution in [1.29, 1.82) is 0 Å². The summed E-state index contributed by atoms with van der Waals surface area (Å²) in [6, 6.07) is 6.67. The van der Waals surface area contributed by atoms with E-state index in [4.69, 9.17) is 16.0 Å². The second kappa shape index (κ2) is 8.04. The van der Waals surface area contributed by atoms with Crippen LogP contribution in [0.1, 0.15) is 10.6 Å². The van der Waals surface area contributed by atoms with Crippen LogP contribution in [-0.2, 0) is 17.9 Å². The van der Waals surface area contributed by atoms with Gasteiger partial charge < -0.3 is 9.32 Å². The third kappa shape index (κ3) is 6.18. The molecule has 24 heavy (non-hydrogen) atoms. The molecule has 2 heterocycles. The molecule has 132 valence electrons. The van der Waals surface area contributed by atoms with Crippen molar-refractivity contribution in [2.45, 2.75) is 19.3 Å². The first-order chi connectivity index (χ1) is 11.2. The molecule has 2 aromatic rings. The number of alkyl halides is 3. The van der Waals surface area contributed by atoms with Gasteiger partial charge in [0.2, 0.25) is 5.91 Å². The molecule has 0 spiro atoms. The van der Waals surface area contributed by atoms with Gasteiger partial charge in [-0.25, -0.2) is 0 Å². The summed E-state index contributed by atoms with van der Waals surface area (Å²) in [6.45, 7) is -1.23. The maximum absolute atomic E-state index is 12.7. The van der Waals surface area contributed by atoms with Gasteiger partial charge in [-0.3, -0.25) is 9.69 Å². The maximum atomic E-state index is 12.7. The Balaban J connectivity index is 1.97. The maximum Gasteiger partial charge on any atom is 0.406 e. The summed E-state index contributed by atoms with van der Waals surface area (Å²) in [7, 11) is 1.67. The number of halogens is 4. The summed E-state index contributed by atoms with van der Waals surface area (Å²) in [4.78, 5) is 15.6. The second-order valence-electron chi connectivity index (χ2n) is 5.32. The lowest BCUT2D eigenvalue weighted by atomic mass is 10.3. The van der Waals surface area contributed by atoms with Gasteiger partial charge >= 0.3 is 6.18 Å². The fraction of sp³-hybridized carbons (Fsp3) is 0.400. The van der Waals surface area contributed by atoms with Crippen molar-refractivity contribution in [1.82, 2.24) is 9.80 Å². The van der Waals surface area contributed by atoms with Crippen molar-refractivity contribution < 1.29 is 22.4 Å². The van der Waals surface area contributed by atoms with Crippen LogP contribution in [0.5, 0.6) is 0 Å². The lowest BCUT2D eigenvalue weighted by molar-refractivity contribution is -0.163. The lowest BCUT2D eigenvalue weighted by Gasteiger charge is -2.25. The highest BCUT2D eigenvalue weighted by molar-refractivity contribution is 7.16. The summed E-state index contributed by atoms with van der Waals surface area (Å²) >= 11 is 7.21. The minimum atomic E-state index is -4.47. The summed E-state index contributed by atoms with van der Waals surface area (Å²) in [6.07, 6.45) is -3.11. The molecule has 0 aliphatic heterocycles. The zero-order valence-corrected chi connectivity index (χ0v) is 14.4. The van der Waals surface area contributed by atoms with Crippen LogP contribution >= 0.6 is 22.9 Å². The van der Waals surface area contributed by atoms with Gasteiger partial charge in [0, 0.05) is 11.4 Å². The Labute approximate surface area is 146 Å². The number of nitrogens with zero attached hydrogens (tertiary/aromatic N) is 2. The number of hydrogen-bond donors (Lipinski definition) is 0. The zero-order chi connectivity index (χ0) is 17.7. The van der Waals surface area contributed by atoms with Crippen LogP contribution in [0, 0.1) is 0 Å². The smallest absolute Gasteiger partial charge is 0.406 e. The van der Waals surface area contributed by atoms with E-state index < -0.39 is 18.6 Å². The van der Waals surface area contributed by atoms with Crippen molar-refractivity contribution in [3.05, 3.63) is 45.5 Å². The number of rotatable bonds is 7. The van der Waals surface area contributed by atoms with Crippen molar-refractivity contribution in [3.63, 3.8) is 0 Å². The van der Waals surface area contributed by atoms with Gasteiger partial charge in [-0.1, -0.05) is 11.6 Å². The zero-order valence-electron chi connectivity index (χ0n) is 12.8. The number of furan rings is 1. The third-order valence-electron chi connectivity index (χ3n) is 3.11. The molecule has 0 aliphatic rings. The Kier molecular flexibility index (Phi) is 6.31. The summed E-state index contributed by atoms with van der Waals surface area (Å²) in [5.41, 5.74) is 0. The average Bonchev–Trinajstić information content (AvgIpc) is 3.08. The van der Waals surface area contributed by atoms with E-state index in [1.807, 2.05) is 6.07 Å². The Morgan fingerprint density at radius 2 is 2.04 bits per heavy atom. The molecule has 0 unspecified atom stereocenters. The monoisotopic (exact) mass is 380 g/mol. The Morgan fingerprint density at radius 1 is 1.29 bits per heavy atom. The minimum absolute atomic E-state index is 0.133. The molecule has 0 saturated carbocycles. The SMILES string of the molecule is CN(CC(=O)N(Cc1ccco1)CC(F)(F)F)Cc1ccc(Cl)s1. The van der Waals surface area contributed by atoms with E-state index >= 15 is 0 Å². The number of carbonyl (C=O) groups excluding carboxylic acids is 1. The van der Waals surface area contributed by atoms with Crippen LogP contribution in [0.2, 0.25) is 4.34 Å². The molecule has 0 fully saturated rings. The molecular formula is C15H16ClF3N2O2S. The highest BCUT2D eigenvalue weighted by Crippen LogP contribution is 2.23. The van der Waals surface area contributed by atoms with E-state index in [0.29, 0.717) is 16.6 Å². The Morgan fingerprint density at radius 3 is 2.58 bits per heavy atom. The minimum Gasteiger partial charge on any atom is -0.467 e. The molecule has 4 nitrogen and oxygen atoms in total. The molecule has 0 aliphatic carbocycles. The van der Waals surface area contributed by atoms with Crippen LogP contribution in [0.25, 0.3) is 0 Å². The van der Waals surface area contributed by atoms with Crippen molar-refractivity contribution >= 4 is 28.8 Å². The van der Waals surface area contributed by atoms with E-state index in [9.17, 15) is 18.0 Å². The molecule has 1 amide bonds. The number of hydrogen-bond acceptors (Lipinski definition) is 4. The summed E-state index contributed by atoms with van der Waals surface area (Å²) in [5.74, 6) is -0.311. The number of thiophene rings is 1. The Hall–Kier alpha value is -1.51. The van der Waals surface area contributed by atoms with Crippen LogP contribution in [0.4, 0.5) is 13.2 Å². The number of amides is 1. The van der Waals surface area contributed by atoms with E-state index in [0.717, 1.165) is 9.78 Å². The largest absolute Gasteiger partial charge is 0.467 e. The van der Waals surface area contributed by atoms with Gasteiger partial charge in [-0.05, 0) is 31.3 Å². The Bertz CT molecular complexity index is 658. The number of carbonyl (C=O) groups is 1. The second-order valence-corrected chi connectivity index (χ2v) is 7.12.